The van der Waals surface area contributed by atoms with E-state index in [4.69, 9.17) is 5.73 Å². The van der Waals surface area contributed by atoms with Crippen LogP contribution in [0, 0.1) is 6.92 Å². The molecule has 0 unspecified atom stereocenters. The quantitative estimate of drug-likeness (QED) is 0.862. The van der Waals surface area contributed by atoms with E-state index in [-0.39, 0.29) is 5.91 Å². The summed E-state index contributed by atoms with van der Waals surface area (Å²) < 4.78 is 1.27. The van der Waals surface area contributed by atoms with E-state index >= 15 is 0 Å². The van der Waals surface area contributed by atoms with Gasteiger partial charge in [-0.2, -0.15) is 9.78 Å². The summed E-state index contributed by atoms with van der Waals surface area (Å²) in [7, 11) is 0. The van der Waals surface area contributed by atoms with Crippen LogP contribution < -0.4 is 5.73 Å². The Hall–Kier alpha value is -1.75. The van der Waals surface area contributed by atoms with Gasteiger partial charge < -0.3 is 5.73 Å². The molecule has 0 spiro atoms. The lowest BCUT2D eigenvalue weighted by molar-refractivity contribution is 0.0900. The number of hydrogen-bond acceptors (Lipinski definition) is 4. The average Bonchev–Trinajstić information content (AvgIpc) is 2.69. The van der Waals surface area contributed by atoms with Crippen molar-refractivity contribution in [3.63, 3.8) is 0 Å². The number of anilines is 1. The lowest BCUT2D eigenvalue weighted by atomic mass is 10.1. The van der Waals surface area contributed by atoms with Crippen molar-refractivity contribution in [3.8, 4) is 0 Å². The van der Waals surface area contributed by atoms with Crippen LogP contribution in [-0.4, -0.2) is 21.9 Å². The predicted octanol–water partition coefficient (Wildman–Crippen LogP) is 2.38. The second-order valence-corrected chi connectivity index (χ2v) is 4.85. The largest absolute Gasteiger partial charge is 0.383 e. The highest BCUT2D eigenvalue weighted by atomic mass is 32.2. The minimum atomic E-state index is -0.109. The first-order chi connectivity index (χ1) is 8.61. The van der Waals surface area contributed by atoms with Gasteiger partial charge in [0.2, 0.25) is 0 Å². The van der Waals surface area contributed by atoms with Crippen molar-refractivity contribution >= 4 is 23.5 Å². The molecule has 0 amide bonds. The van der Waals surface area contributed by atoms with Crippen LogP contribution in [0.1, 0.15) is 16.1 Å². The normalized spacial score (nSPS) is 10.6. The number of nitrogens with zero attached hydrogens (tertiary/aromatic N) is 2. The van der Waals surface area contributed by atoms with E-state index in [1.807, 2.05) is 37.4 Å². The van der Waals surface area contributed by atoms with Gasteiger partial charge in [0, 0.05) is 11.0 Å². The maximum atomic E-state index is 12.1. The van der Waals surface area contributed by atoms with Crippen molar-refractivity contribution in [2.45, 2.75) is 18.2 Å². The Morgan fingerprint density at radius 1 is 1.44 bits per heavy atom. The van der Waals surface area contributed by atoms with E-state index in [1.54, 1.807) is 17.8 Å². The molecule has 0 bridgehead atoms. The van der Waals surface area contributed by atoms with Gasteiger partial charge in [0.1, 0.15) is 5.82 Å². The van der Waals surface area contributed by atoms with Gasteiger partial charge in [0.15, 0.2) is 0 Å². The Kier molecular flexibility index (Phi) is 3.72. The molecule has 2 N–H and O–H groups in total. The molecule has 0 aliphatic carbocycles. The first kappa shape index (κ1) is 12.7. The Morgan fingerprint density at radius 3 is 2.78 bits per heavy atom. The van der Waals surface area contributed by atoms with Gasteiger partial charge in [-0.1, -0.05) is 18.2 Å². The number of rotatable bonds is 3. The molecule has 5 heteroatoms. The molecule has 0 saturated heterocycles. The fourth-order valence-corrected chi connectivity index (χ4v) is 2.42. The molecular formula is C13H15N3OS. The predicted molar refractivity (Wildman–Crippen MR) is 73.9 cm³/mol. The molecule has 1 heterocycles. The highest BCUT2D eigenvalue weighted by Crippen LogP contribution is 2.21. The monoisotopic (exact) mass is 261 g/mol. The Morgan fingerprint density at radius 2 is 2.17 bits per heavy atom. The second kappa shape index (κ2) is 5.27. The van der Waals surface area contributed by atoms with Crippen LogP contribution in [0.4, 0.5) is 5.82 Å². The van der Waals surface area contributed by atoms with Gasteiger partial charge in [-0.15, -0.1) is 11.8 Å². The lowest BCUT2D eigenvalue weighted by Crippen LogP contribution is -2.17. The average molecular weight is 261 g/mol. The van der Waals surface area contributed by atoms with E-state index in [0.29, 0.717) is 12.2 Å². The maximum absolute atomic E-state index is 12.1. The molecule has 0 aliphatic rings. The second-order valence-electron chi connectivity index (χ2n) is 4.00. The fourth-order valence-electron chi connectivity index (χ4n) is 1.81. The molecule has 0 fully saturated rings. The number of benzene rings is 1. The zero-order chi connectivity index (χ0) is 13.1. The van der Waals surface area contributed by atoms with Gasteiger partial charge in [0.05, 0.1) is 12.1 Å². The molecule has 1 aromatic carbocycles. The van der Waals surface area contributed by atoms with Gasteiger partial charge >= 0.3 is 0 Å². The minimum absolute atomic E-state index is 0.109. The van der Waals surface area contributed by atoms with Gasteiger partial charge in [0.25, 0.3) is 5.91 Å². The van der Waals surface area contributed by atoms with Crippen LogP contribution in [0.2, 0.25) is 0 Å². The number of thioether (sulfide) groups is 1. The number of carbonyl (C=O) groups is 1. The number of nitrogens with two attached hydrogens (primary N) is 1. The molecule has 0 saturated carbocycles. The molecule has 2 aromatic rings. The standard InChI is InChI=1S/C13H15N3OS/c1-9-7-12(14)16(15-9)13(17)8-10-5-3-4-6-11(10)18-2/h3-7H,8,14H2,1-2H3. The summed E-state index contributed by atoms with van der Waals surface area (Å²) in [4.78, 5) is 13.2. The summed E-state index contributed by atoms with van der Waals surface area (Å²) >= 11 is 1.63. The molecule has 2 rings (SSSR count). The fraction of sp³-hybridized carbons (Fsp3) is 0.231. The van der Waals surface area contributed by atoms with Crippen molar-refractivity contribution in [2.24, 2.45) is 0 Å². The van der Waals surface area contributed by atoms with E-state index in [9.17, 15) is 4.79 Å². The van der Waals surface area contributed by atoms with Crippen LogP contribution in [0.25, 0.3) is 0 Å². The van der Waals surface area contributed by atoms with Gasteiger partial charge in [-0.3, -0.25) is 4.79 Å². The van der Waals surface area contributed by atoms with Crippen molar-refractivity contribution in [1.82, 2.24) is 9.78 Å². The summed E-state index contributed by atoms with van der Waals surface area (Å²) in [5.74, 6) is 0.279. The van der Waals surface area contributed by atoms with Crippen LogP contribution in [0.5, 0.6) is 0 Å². The summed E-state index contributed by atoms with van der Waals surface area (Å²) in [6.07, 6.45) is 2.30. The number of nitrogen functional groups attached to an aromatic ring is 1. The Labute approximate surface area is 110 Å². The molecule has 94 valence electrons. The van der Waals surface area contributed by atoms with Crippen molar-refractivity contribution in [2.75, 3.05) is 12.0 Å². The smallest absolute Gasteiger partial charge is 0.253 e. The van der Waals surface area contributed by atoms with Crippen LogP contribution in [0.15, 0.2) is 35.2 Å². The van der Waals surface area contributed by atoms with Crippen molar-refractivity contribution in [3.05, 3.63) is 41.6 Å². The Bertz CT molecular complexity index is 577. The molecule has 4 nitrogen and oxygen atoms in total. The minimum Gasteiger partial charge on any atom is -0.383 e. The number of aromatic nitrogens is 2. The number of aryl methyl sites for hydroxylation is 1. The summed E-state index contributed by atoms with van der Waals surface area (Å²) in [6.45, 7) is 1.82. The van der Waals surface area contributed by atoms with E-state index in [1.165, 1.54) is 4.68 Å². The third-order valence-electron chi connectivity index (χ3n) is 2.63. The molecule has 18 heavy (non-hydrogen) atoms. The van der Waals surface area contributed by atoms with Crippen LogP contribution >= 0.6 is 11.8 Å². The first-order valence-corrected chi connectivity index (χ1v) is 6.81. The highest BCUT2D eigenvalue weighted by molar-refractivity contribution is 7.98. The molecule has 0 radical (unpaired) electrons. The molecule has 0 aliphatic heterocycles. The third kappa shape index (κ3) is 2.56. The highest BCUT2D eigenvalue weighted by Gasteiger charge is 2.13. The number of hydrogen-bond donors (Lipinski definition) is 1. The SMILES string of the molecule is CSc1ccccc1CC(=O)n1nc(C)cc1N. The van der Waals surface area contributed by atoms with Crippen molar-refractivity contribution in [1.29, 1.82) is 0 Å². The molecule has 1 aromatic heterocycles. The van der Waals surface area contributed by atoms with E-state index in [2.05, 4.69) is 5.10 Å². The zero-order valence-electron chi connectivity index (χ0n) is 10.4. The molecular weight excluding hydrogens is 246 g/mol. The first-order valence-electron chi connectivity index (χ1n) is 5.59. The van der Waals surface area contributed by atoms with Gasteiger partial charge in [-0.25, -0.2) is 0 Å². The lowest BCUT2D eigenvalue weighted by Gasteiger charge is -2.07. The maximum Gasteiger partial charge on any atom is 0.253 e. The van der Waals surface area contributed by atoms with E-state index < -0.39 is 0 Å². The number of carbonyl (C=O) groups excluding carboxylic acids is 1. The summed E-state index contributed by atoms with van der Waals surface area (Å²) in [5, 5.41) is 4.10. The zero-order valence-corrected chi connectivity index (χ0v) is 11.2. The van der Waals surface area contributed by atoms with E-state index in [0.717, 1.165) is 16.2 Å². The van der Waals surface area contributed by atoms with Crippen LogP contribution in [0.3, 0.4) is 0 Å². The van der Waals surface area contributed by atoms with Crippen molar-refractivity contribution < 1.29 is 4.79 Å². The molecule has 0 atom stereocenters. The third-order valence-corrected chi connectivity index (χ3v) is 3.47. The Balaban J connectivity index is 2.24. The van der Waals surface area contributed by atoms with Gasteiger partial charge in [-0.05, 0) is 24.8 Å². The topological polar surface area (TPSA) is 60.9 Å². The summed E-state index contributed by atoms with van der Waals surface area (Å²) in [5.41, 5.74) is 7.49. The summed E-state index contributed by atoms with van der Waals surface area (Å²) in [6, 6.07) is 9.55. The van der Waals surface area contributed by atoms with Crippen LogP contribution in [-0.2, 0) is 6.42 Å².